The van der Waals surface area contributed by atoms with Crippen molar-refractivity contribution >= 4 is 17.7 Å². The molecule has 0 saturated heterocycles. The number of nitrogens with one attached hydrogen (secondary N) is 1. The Morgan fingerprint density at radius 3 is 2.13 bits per heavy atom. The number of nitrogens with zero attached hydrogens (tertiary/aromatic N) is 2. The van der Waals surface area contributed by atoms with E-state index in [0.29, 0.717) is 5.82 Å². The maximum Gasteiger partial charge on any atom is 0.248 e. The van der Waals surface area contributed by atoms with Crippen molar-refractivity contribution in [3.8, 4) is 11.4 Å². The summed E-state index contributed by atoms with van der Waals surface area (Å²) in [6.07, 6.45) is 6.55. The summed E-state index contributed by atoms with van der Waals surface area (Å²) in [6.45, 7) is 0. The van der Waals surface area contributed by atoms with Gasteiger partial charge in [-0.1, -0.05) is 48.5 Å². The lowest BCUT2D eigenvalue weighted by atomic mass is 10.2. The summed E-state index contributed by atoms with van der Waals surface area (Å²) >= 11 is 0. The fourth-order valence-electron chi connectivity index (χ4n) is 2.04. The van der Waals surface area contributed by atoms with Gasteiger partial charge in [0.1, 0.15) is 0 Å². The molecule has 0 unspecified atom stereocenters. The molecule has 0 fully saturated rings. The quantitative estimate of drug-likeness (QED) is 0.746. The molecule has 0 aliphatic carbocycles. The molecular formula is C19H15N3O. The van der Waals surface area contributed by atoms with Crippen molar-refractivity contribution in [2.24, 2.45) is 0 Å². The van der Waals surface area contributed by atoms with Crippen LogP contribution in [0.25, 0.3) is 17.5 Å². The molecule has 1 aromatic heterocycles. The first-order valence-corrected chi connectivity index (χ1v) is 7.23. The number of aromatic nitrogens is 2. The first kappa shape index (κ1) is 14.7. The number of hydrogen-bond donors (Lipinski definition) is 1. The number of benzene rings is 2. The van der Waals surface area contributed by atoms with E-state index in [1.54, 1.807) is 18.5 Å². The Balaban J connectivity index is 1.65. The van der Waals surface area contributed by atoms with Crippen molar-refractivity contribution in [3.05, 3.63) is 84.7 Å². The Bertz CT molecular complexity index is 797. The molecule has 0 radical (unpaired) electrons. The molecule has 112 valence electrons. The highest BCUT2D eigenvalue weighted by Crippen LogP contribution is 2.13. The van der Waals surface area contributed by atoms with E-state index in [4.69, 9.17) is 0 Å². The number of rotatable bonds is 4. The van der Waals surface area contributed by atoms with Crippen LogP contribution in [-0.4, -0.2) is 15.9 Å². The van der Waals surface area contributed by atoms with Crippen molar-refractivity contribution in [3.63, 3.8) is 0 Å². The second-order valence-electron chi connectivity index (χ2n) is 4.89. The molecule has 4 nitrogen and oxygen atoms in total. The van der Waals surface area contributed by atoms with E-state index in [1.165, 1.54) is 6.08 Å². The summed E-state index contributed by atoms with van der Waals surface area (Å²) in [5.41, 5.74) is 2.50. The third kappa shape index (κ3) is 4.11. The van der Waals surface area contributed by atoms with Crippen LogP contribution in [0.5, 0.6) is 0 Å². The lowest BCUT2D eigenvalue weighted by molar-refractivity contribution is -0.111. The lowest BCUT2D eigenvalue weighted by Crippen LogP contribution is -2.07. The summed E-state index contributed by atoms with van der Waals surface area (Å²) in [5.74, 6) is 0.472. The molecule has 0 saturated carbocycles. The van der Waals surface area contributed by atoms with E-state index < -0.39 is 0 Å². The zero-order chi connectivity index (χ0) is 15.9. The fraction of sp³-hybridized carbons (Fsp3) is 0. The molecule has 1 N–H and O–H groups in total. The second-order valence-corrected chi connectivity index (χ2v) is 4.89. The average Bonchev–Trinajstić information content (AvgIpc) is 2.62. The van der Waals surface area contributed by atoms with Crippen LogP contribution in [-0.2, 0) is 4.79 Å². The maximum absolute atomic E-state index is 11.8. The normalized spacial score (nSPS) is 10.6. The average molecular weight is 301 g/mol. The molecule has 3 aromatic rings. The summed E-state index contributed by atoms with van der Waals surface area (Å²) in [4.78, 5) is 20.5. The Labute approximate surface area is 134 Å². The first-order chi connectivity index (χ1) is 11.3. The van der Waals surface area contributed by atoms with Crippen LogP contribution in [0, 0.1) is 0 Å². The summed E-state index contributed by atoms with van der Waals surface area (Å²) < 4.78 is 0. The Hall–Kier alpha value is -3.27. The van der Waals surface area contributed by atoms with E-state index in [1.807, 2.05) is 60.7 Å². The SMILES string of the molecule is O=C(/C=C/c1cnc(-c2ccccc2)nc1)Nc1ccccc1. The van der Waals surface area contributed by atoms with Crippen LogP contribution in [0.15, 0.2) is 79.1 Å². The predicted molar refractivity (Wildman–Crippen MR) is 91.6 cm³/mol. The lowest BCUT2D eigenvalue weighted by Gasteiger charge is -2.01. The van der Waals surface area contributed by atoms with Gasteiger partial charge < -0.3 is 5.32 Å². The predicted octanol–water partition coefficient (Wildman–Crippen LogP) is 3.80. The molecule has 3 rings (SSSR count). The van der Waals surface area contributed by atoms with E-state index in [0.717, 1.165) is 16.8 Å². The molecule has 0 atom stereocenters. The van der Waals surface area contributed by atoms with Crippen LogP contribution >= 0.6 is 0 Å². The van der Waals surface area contributed by atoms with Gasteiger partial charge in [0.15, 0.2) is 5.82 Å². The van der Waals surface area contributed by atoms with Gasteiger partial charge >= 0.3 is 0 Å². The van der Waals surface area contributed by atoms with Gasteiger partial charge in [-0.15, -0.1) is 0 Å². The van der Waals surface area contributed by atoms with Gasteiger partial charge in [-0.25, -0.2) is 9.97 Å². The highest BCUT2D eigenvalue weighted by molar-refractivity contribution is 6.01. The van der Waals surface area contributed by atoms with Gasteiger partial charge in [0, 0.05) is 35.3 Å². The Morgan fingerprint density at radius 1 is 0.870 bits per heavy atom. The molecule has 0 aliphatic rings. The van der Waals surface area contributed by atoms with Crippen LogP contribution < -0.4 is 5.32 Å². The summed E-state index contributed by atoms with van der Waals surface area (Å²) in [5, 5.41) is 2.78. The van der Waals surface area contributed by atoms with Crippen LogP contribution in [0.1, 0.15) is 5.56 Å². The van der Waals surface area contributed by atoms with Gasteiger partial charge in [0.25, 0.3) is 0 Å². The smallest absolute Gasteiger partial charge is 0.248 e. The van der Waals surface area contributed by atoms with Crippen molar-refractivity contribution in [2.45, 2.75) is 0 Å². The van der Waals surface area contributed by atoms with Crippen LogP contribution in [0.3, 0.4) is 0 Å². The number of carbonyl (C=O) groups is 1. The minimum absolute atomic E-state index is 0.191. The van der Waals surface area contributed by atoms with Crippen molar-refractivity contribution in [2.75, 3.05) is 5.32 Å². The molecule has 0 bridgehead atoms. The van der Waals surface area contributed by atoms with E-state index in [9.17, 15) is 4.79 Å². The Kier molecular flexibility index (Phi) is 4.55. The third-order valence-corrected chi connectivity index (χ3v) is 3.17. The molecule has 1 amide bonds. The second kappa shape index (κ2) is 7.13. The minimum atomic E-state index is -0.191. The third-order valence-electron chi connectivity index (χ3n) is 3.17. The Morgan fingerprint density at radius 2 is 1.48 bits per heavy atom. The van der Waals surface area contributed by atoms with Crippen molar-refractivity contribution < 1.29 is 4.79 Å². The van der Waals surface area contributed by atoms with E-state index >= 15 is 0 Å². The van der Waals surface area contributed by atoms with Gasteiger partial charge in [-0.05, 0) is 18.2 Å². The topological polar surface area (TPSA) is 54.9 Å². The maximum atomic E-state index is 11.8. The molecule has 23 heavy (non-hydrogen) atoms. The van der Waals surface area contributed by atoms with Gasteiger partial charge in [-0.2, -0.15) is 0 Å². The van der Waals surface area contributed by atoms with Gasteiger partial charge in [0.2, 0.25) is 5.91 Å². The van der Waals surface area contributed by atoms with Gasteiger partial charge in [-0.3, -0.25) is 4.79 Å². The first-order valence-electron chi connectivity index (χ1n) is 7.23. The highest BCUT2D eigenvalue weighted by Gasteiger charge is 2.00. The molecule has 4 heteroatoms. The molecule has 0 aliphatic heterocycles. The van der Waals surface area contributed by atoms with Crippen LogP contribution in [0.4, 0.5) is 5.69 Å². The number of anilines is 1. The number of para-hydroxylation sites is 1. The van der Waals surface area contributed by atoms with E-state index in [2.05, 4.69) is 15.3 Å². The number of amides is 1. The molecule has 1 heterocycles. The zero-order valence-corrected chi connectivity index (χ0v) is 12.4. The zero-order valence-electron chi connectivity index (χ0n) is 12.4. The monoisotopic (exact) mass is 301 g/mol. The summed E-state index contributed by atoms with van der Waals surface area (Å²) in [7, 11) is 0. The molecule has 0 spiro atoms. The largest absolute Gasteiger partial charge is 0.323 e. The molecule has 2 aromatic carbocycles. The van der Waals surface area contributed by atoms with Crippen LogP contribution in [0.2, 0.25) is 0 Å². The standard InChI is InChI=1S/C19H15N3O/c23-18(22-17-9-5-2-6-10-17)12-11-15-13-20-19(21-14-15)16-7-3-1-4-8-16/h1-14H,(H,22,23)/b12-11+. The summed E-state index contributed by atoms with van der Waals surface area (Å²) in [6, 6.07) is 19.1. The van der Waals surface area contributed by atoms with E-state index in [-0.39, 0.29) is 5.91 Å². The molecular weight excluding hydrogens is 286 g/mol. The number of hydrogen-bond acceptors (Lipinski definition) is 3. The van der Waals surface area contributed by atoms with Crippen molar-refractivity contribution in [1.82, 2.24) is 9.97 Å². The highest BCUT2D eigenvalue weighted by atomic mass is 16.1. The number of carbonyl (C=O) groups excluding carboxylic acids is 1. The fourth-order valence-corrected chi connectivity index (χ4v) is 2.04. The minimum Gasteiger partial charge on any atom is -0.323 e. The van der Waals surface area contributed by atoms with Gasteiger partial charge in [0.05, 0.1) is 0 Å². The van der Waals surface area contributed by atoms with Crippen molar-refractivity contribution in [1.29, 1.82) is 0 Å².